The lowest BCUT2D eigenvalue weighted by Gasteiger charge is -2.06. The Balaban J connectivity index is 1.41. The molecule has 6 heteroatoms. The molecular formula is C23H18N2O3S. The van der Waals surface area contributed by atoms with Gasteiger partial charge in [-0.3, -0.25) is 4.79 Å². The molecule has 2 N–H and O–H groups in total. The second kappa shape index (κ2) is 8.67. The molecule has 3 aromatic carbocycles. The Morgan fingerprint density at radius 1 is 0.966 bits per heavy atom. The van der Waals surface area contributed by atoms with Crippen LogP contribution in [0, 0.1) is 0 Å². The Morgan fingerprint density at radius 3 is 2.41 bits per heavy atom. The van der Waals surface area contributed by atoms with Crippen molar-refractivity contribution in [2.75, 3.05) is 0 Å². The van der Waals surface area contributed by atoms with Gasteiger partial charge in [0.25, 0.3) is 5.91 Å². The van der Waals surface area contributed by atoms with Gasteiger partial charge in [0.05, 0.1) is 10.6 Å². The van der Waals surface area contributed by atoms with Gasteiger partial charge in [0.1, 0.15) is 18.1 Å². The zero-order valence-electron chi connectivity index (χ0n) is 15.4. The van der Waals surface area contributed by atoms with Crippen molar-refractivity contribution < 1.29 is 14.6 Å². The van der Waals surface area contributed by atoms with Crippen LogP contribution in [-0.2, 0) is 11.4 Å². The third-order valence-electron chi connectivity index (χ3n) is 4.16. The molecule has 0 spiro atoms. The zero-order valence-corrected chi connectivity index (χ0v) is 16.2. The number of nitrogens with zero attached hydrogens (tertiary/aromatic N) is 1. The van der Waals surface area contributed by atoms with E-state index in [9.17, 15) is 9.90 Å². The number of aromatic hydroxyl groups is 1. The van der Waals surface area contributed by atoms with E-state index in [1.54, 1.807) is 24.3 Å². The summed E-state index contributed by atoms with van der Waals surface area (Å²) < 4.78 is 5.79. The predicted octanol–water partition coefficient (Wildman–Crippen LogP) is 4.86. The summed E-state index contributed by atoms with van der Waals surface area (Å²) >= 11 is 1.28. The molecule has 0 saturated carbocycles. The lowest BCUT2D eigenvalue weighted by Crippen LogP contribution is -2.19. The van der Waals surface area contributed by atoms with E-state index >= 15 is 0 Å². The standard InChI is InChI=1S/C23H18N2O3S/c26-19-10-8-18(9-11-19)24-23-25-22(27)21(29-23)14-16-6-12-20(13-7-16)28-15-17-4-2-1-3-5-17/h1-14,26H,15H2,(H,24,25,27)/b21-14+. The van der Waals surface area contributed by atoms with Crippen LogP contribution in [0.15, 0.2) is 88.8 Å². The molecule has 1 saturated heterocycles. The Kier molecular flexibility index (Phi) is 5.63. The summed E-state index contributed by atoms with van der Waals surface area (Å²) in [4.78, 5) is 17.2. The molecule has 3 aromatic rings. The number of amides is 1. The number of nitrogens with one attached hydrogen (secondary N) is 1. The van der Waals surface area contributed by atoms with Crippen LogP contribution in [0.25, 0.3) is 6.08 Å². The predicted molar refractivity (Wildman–Crippen MR) is 116 cm³/mol. The molecule has 29 heavy (non-hydrogen) atoms. The zero-order chi connectivity index (χ0) is 20.1. The Bertz CT molecular complexity index is 1060. The topological polar surface area (TPSA) is 70.9 Å². The van der Waals surface area contributed by atoms with Gasteiger partial charge in [0, 0.05) is 0 Å². The monoisotopic (exact) mass is 402 g/mol. The number of phenolic OH excluding ortho intramolecular Hbond substituents is 1. The molecule has 1 aliphatic heterocycles. The first kappa shape index (κ1) is 18.8. The summed E-state index contributed by atoms with van der Waals surface area (Å²) in [6.45, 7) is 0.511. The Morgan fingerprint density at radius 2 is 1.69 bits per heavy atom. The largest absolute Gasteiger partial charge is 0.508 e. The second-order valence-corrected chi connectivity index (χ2v) is 7.37. The highest BCUT2D eigenvalue weighted by molar-refractivity contribution is 8.18. The Labute approximate surface area is 172 Å². The number of rotatable bonds is 5. The first-order valence-electron chi connectivity index (χ1n) is 9.01. The van der Waals surface area contributed by atoms with Crippen molar-refractivity contribution in [3.63, 3.8) is 0 Å². The van der Waals surface area contributed by atoms with E-state index in [0.717, 1.165) is 16.9 Å². The average molecular weight is 402 g/mol. The van der Waals surface area contributed by atoms with Crippen LogP contribution < -0.4 is 10.1 Å². The number of thioether (sulfide) groups is 1. The van der Waals surface area contributed by atoms with Gasteiger partial charge in [0.2, 0.25) is 0 Å². The molecule has 0 unspecified atom stereocenters. The van der Waals surface area contributed by atoms with Gasteiger partial charge < -0.3 is 15.2 Å². The normalized spacial score (nSPS) is 16.2. The fourth-order valence-electron chi connectivity index (χ4n) is 2.68. The molecule has 1 heterocycles. The molecule has 1 amide bonds. The number of carbonyl (C=O) groups is 1. The molecule has 0 bridgehead atoms. The van der Waals surface area contributed by atoms with Crippen LogP contribution in [0.4, 0.5) is 5.69 Å². The van der Waals surface area contributed by atoms with Crippen LogP contribution in [0.3, 0.4) is 0 Å². The summed E-state index contributed by atoms with van der Waals surface area (Å²) in [5.74, 6) is 0.764. The maximum Gasteiger partial charge on any atom is 0.264 e. The molecule has 144 valence electrons. The van der Waals surface area contributed by atoms with Crippen LogP contribution in [0.5, 0.6) is 11.5 Å². The number of phenols is 1. The summed E-state index contributed by atoms with van der Waals surface area (Å²) in [7, 11) is 0. The Hall–Kier alpha value is -3.51. The third kappa shape index (κ3) is 5.06. The van der Waals surface area contributed by atoms with E-state index in [2.05, 4.69) is 10.3 Å². The van der Waals surface area contributed by atoms with Crippen molar-refractivity contribution in [3.05, 3.63) is 94.9 Å². The van der Waals surface area contributed by atoms with Crippen LogP contribution in [-0.4, -0.2) is 16.2 Å². The van der Waals surface area contributed by atoms with Crippen molar-refractivity contribution >= 4 is 34.6 Å². The minimum absolute atomic E-state index is 0.175. The molecule has 0 aromatic heterocycles. The molecule has 0 radical (unpaired) electrons. The number of benzene rings is 3. The van der Waals surface area contributed by atoms with E-state index in [-0.39, 0.29) is 11.7 Å². The van der Waals surface area contributed by atoms with Gasteiger partial charge in [-0.2, -0.15) is 0 Å². The summed E-state index contributed by atoms with van der Waals surface area (Å²) in [6, 6.07) is 24.1. The van der Waals surface area contributed by atoms with Crippen molar-refractivity contribution in [1.82, 2.24) is 5.32 Å². The van der Waals surface area contributed by atoms with Crippen molar-refractivity contribution in [1.29, 1.82) is 0 Å². The molecule has 1 fully saturated rings. The number of aliphatic imine (C=N–C) groups is 1. The van der Waals surface area contributed by atoms with Crippen LogP contribution in [0.1, 0.15) is 11.1 Å². The van der Waals surface area contributed by atoms with Gasteiger partial charge in [-0.1, -0.05) is 42.5 Å². The molecule has 4 rings (SSSR count). The first-order valence-corrected chi connectivity index (χ1v) is 9.83. The van der Waals surface area contributed by atoms with Crippen molar-refractivity contribution in [2.24, 2.45) is 4.99 Å². The molecule has 0 atom stereocenters. The van der Waals surface area contributed by atoms with Crippen molar-refractivity contribution in [3.8, 4) is 11.5 Å². The van der Waals surface area contributed by atoms with Gasteiger partial charge in [0.15, 0.2) is 5.17 Å². The minimum atomic E-state index is -0.183. The van der Waals surface area contributed by atoms with Gasteiger partial charge >= 0.3 is 0 Å². The smallest absolute Gasteiger partial charge is 0.264 e. The van der Waals surface area contributed by atoms with E-state index in [1.165, 1.54) is 11.8 Å². The van der Waals surface area contributed by atoms with Gasteiger partial charge in [-0.25, -0.2) is 4.99 Å². The molecule has 1 aliphatic rings. The summed E-state index contributed by atoms with van der Waals surface area (Å²) in [6.07, 6.45) is 1.82. The maximum absolute atomic E-state index is 12.2. The summed E-state index contributed by atoms with van der Waals surface area (Å²) in [5.41, 5.74) is 2.67. The lowest BCUT2D eigenvalue weighted by atomic mass is 10.2. The SMILES string of the molecule is O=C1NC(=Nc2ccc(O)cc2)S/C1=C/c1ccc(OCc2ccccc2)cc1. The number of amidine groups is 1. The average Bonchev–Trinajstić information content (AvgIpc) is 3.08. The number of carbonyl (C=O) groups excluding carboxylic acids is 1. The molecular weight excluding hydrogens is 384 g/mol. The molecule has 5 nitrogen and oxygen atoms in total. The highest BCUT2D eigenvalue weighted by Crippen LogP contribution is 2.29. The van der Waals surface area contributed by atoms with Crippen molar-refractivity contribution in [2.45, 2.75) is 6.61 Å². The first-order chi connectivity index (χ1) is 14.2. The highest BCUT2D eigenvalue weighted by atomic mass is 32.2. The number of hydrogen-bond donors (Lipinski definition) is 2. The van der Waals surface area contributed by atoms with E-state index in [0.29, 0.717) is 22.4 Å². The van der Waals surface area contributed by atoms with E-state index in [1.807, 2.05) is 60.7 Å². The fraction of sp³-hybridized carbons (Fsp3) is 0.0435. The van der Waals surface area contributed by atoms with E-state index < -0.39 is 0 Å². The highest BCUT2D eigenvalue weighted by Gasteiger charge is 2.23. The third-order valence-corrected chi connectivity index (χ3v) is 5.07. The van der Waals surface area contributed by atoms with Gasteiger partial charge in [-0.05, 0) is 65.4 Å². The number of ether oxygens (including phenoxy) is 1. The van der Waals surface area contributed by atoms with Crippen LogP contribution in [0.2, 0.25) is 0 Å². The second-order valence-electron chi connectivity index (χ2n) is 6.34. The fourth-order valence-corrected chi connectivity index (χ4v) is 3.52. The number of hydrogen-bond acceptors (Lipinski definition) is 5. The lowest BCUT2D eigenvalue weighted by molar-refractivity contribution is -0.115. The van der Waals surface area contributed by atoms with E-state index in [4.69, 9.17) is 4.74 Å². The van der Waals surface area contributed by atoms with Crippen LogP contribution >= 0.6 is 11.8 Å². The molecule has 0 aliphatic carbocycles. The minimum Gasteiger partial charge on any atom is -0.508 e. The quantitative estimate of drug-likeness (QED) is 0.598. The van der Waals surface area contributed by atoms with Gasteiger partial charge in [-0.15, -0.1) is 0 Å². The maximum atomic E-state index is 12.2. The summed E-state index contributed by atoms with van der Waals surface area (Å²) in [5, 5.41) is 12.6.